The van der Waals surface area contributed by atoms with Crippen molar-refractivity contribution in [3.63, 3.8) is 0 Å². The number of benzene rings is 2. The molecule has 3 N–H and O–H groups in total. The average molecular weight is 491 g/mol. The van der Waals surface area contributed by atoms with E-state index in [0.717, 1.165) is 11.6 Å². The number of methoxy groups -OCH3 is 1. The smallest absolute Gasteiger partial charge is 0.359 e. The fraction of sp³-hybridized carbons (Fsp3) is 0.190. The van der Waals surface area contributed by atoms with Crippen molar-refractivity contribution in [2.45, 2.75) is 13.5 Å². The average Bonchev–Trinajstić information content (AvgIpc) is 3.07. The number of nitrogens with zero attached hydrogens (tertiary/aromatic N) is 2. The van der Waals surface area contributed by atoms with Crippen LogP contribution in [0.15, 0.2) is 47.1 Å². The Labute approximate surface area is 186 Å². The third-order valence-corrected chi connectivity index (χ3v) is 4.97. The maximum atomic E-state index is 13.5. The summed E-state index contributed by atoms with van der Waals surface area (Å²) in [6.45, 7) is 2.11. The van der Waals surface area contributed by atoms with Crippen LogP contribution in [0.25, 0.3) is 5.69 Å². The molecule has 0 saturated carbocycles. The molecule has 0 atom stereocenters. The van der Waals surface area contributed by atoms with Gasteiger partial charge in [0, 0.05) is 6.54 Å². The molecule has 0 unspecified atom stereocenters. The van der Waals surface area contributed by atoms with Crippen molar-refractivity contribution < 1.29 is 23.5 Å². The van der Waals surface area contributed by atoms with E-state index >= 15 is 0 Å². The van der Waals surface area contributed by atoms with Gasteiger partial charge in [0.25, 0.3) is 5.91 Å². The molecule has 0 aliphatic heterocycles. The van der Waals surface area contributed by atoms with Crippen molar-refractivity contribution in [2.24, 2.45) is 0 Å². The first-order valence-electron chi connectivity index (χ1n) is 9.27. The molecule has 8 nitrogen and oxygen atoms in total. The Morgan fingerprint density at radius 2 is 1.94 bits per heavy atom. The molecule has 0 fully saturated rings. The van der Waals surface area contributed by atoms with E-state index in [1.807, 2.05) is 0 Å². The molecule has 1 aromatic heterocycles. The second-order valence-corrected chi connectivity index (χ2v) is 7.13. The molecule has 0 bridgehead atoms. The summed E-state index contributed by atoms with van der Waals surface area (Å²) in [4.78, 5) is 24.7. The van der Waals surface area contributed by atoms with Crippen LogP contribution < -0.4 is 15.8 Å². The number of carbonyl (C=O) groups is 2. The van der Waals surface area contributed by atoms with Gasteiger partial charge in [-0.3, -0.25) is 4.79 Å². The first kappa shape index (κ1) is 22.3. The summed E-state index contributed by atoms with van der Waals surface area (Å²) >= 11 is 3.23. The second kappa shape index (κ2) is 9.61. The number of anilines is 1. The third kappa shape index (κ3) is 4.85. The van der Waals surface area contributed by atoms with Gasteiger partial charge in [0.15, 0.2) is 10.3 Å². The Morgan fingerprint density at radius 3 is 2.58 bits per heavy atom. The highest BCUT2D eigenvalue weighted by Crippen LogP contribution is 2.26. The normalized spacial score (nSPS) is 10.6. The van der Waals surface area contributed by atoms with Crippen LogP contribution in [0.2, 0.25) is 0 Å². The summed E-state index contributed by atoms with van der Waals surface area (Å²) in [5.74, 6) is -1.30. The lowest BCUT2D eigenvalue weighted by Crippen LogP contribution is -2.23. The van der Waals surface area contributed by atoms with Gasteiger partial charge in [-0.15, -0.1) is 0 Å². The largest absolute Gasteiger partial charge is 0.496 e. The highest BCUT2D eigenvalue weighted by atomic mass is 79.9. The summed E-state index contributed by atoms with van der Waals surface area (Å²) in [7, 11) is 1.41. The quantitative estimate of drug-likeness (QED) is 0.490. The van der Waals surface area contributed by atoms with Gasteiger partial charge in [-0.25, -0.2) is 13.9 Å². The standard InChI is InChI=1S/C21H20BrFN4O4/c1-3-31-21(29)18-17(24)19(22)26-27(18)14-7-4-12(5-8-14)11-25-20(28)15-10-13(23)6-9-16(15)30-2/h4-10H,3,11,24H2,1-2H3,(H,25,28). The van der Waals surface area contributed by atoms with Crippen molar-refractivity contribution in [1.82, 2.24) is 15.1 Å². The molecule has 3 rings (SSSR count). The van der Waals surface area contributed by atoms with Gasteiger partial charge in [-0.1, -0.05) is 12.1 Å². The molecule has 2 aromatic carbocycles. The molecule has 0 aliphatic rings. The summed E-state index contributed by atoms with van der Waals surface area (Å²) in [6, 6.07) is 10.7. The van der Waals surface area contributed by atoms with E-state index in [2.05, 4.69) is 26.3 Å². The minimum atomic E-state index is -0.585. The lowest BCUT2D eigenvalue weighted by Gasteiger charge is -2.11. The molecule has 0 radical (unpaired) electrons. The Balaban J connectivity index is 1.76. The van der Waals surface area contributed by atoms with Gasteiger partial charge >= 0.3 is 5.97 Å². The van der Waals surface area contributed by atoms with Crippen LogP contribution in [0.1, 0.15) is 33.3 Å². The number of nitrogen functional groups attached to an aromatic ring is 1. The van der Waals surface area contributed by atoms with Gasteiger partial charge in [0.1, 0.15) is 17.3 Å². The SMILES string of the molecule is CCOC(=O)c1c(N)c(Br)nn1-c1ccc(CNC(=O)c2cc(F)ccc2OC)cc1. The Kier molecular flexibility index (Phi) is 6.91. The van der Waals surface area contributed by atoms with Crippen LogP contribution in [0.5, 0.6) is 5.75 Å². The highest BCUT2D eigenvalue weighted by molar-refractivity contribution is 9.10. The number of hydrogen-bond donors (Lipinski definition) is 2. The molecule has 0 aliphatic carbocycles. The first-order valence-corrected chi connectivity index (χ1v) is 10.1. The molecule has 3 aromatic rings. The topological polar surface area (TPSA) is 108 Å². The molecule has 31 heavy (non-hydrogen) atoms. The first-order chi connectivity index (χ1) is 14.8. The second-order valence-electron chi connectivity index (χ2n) is 6.38. The lowest BCUT2D eigenvalue weighted by atomic mass is 10.1. The van der Waals surface area contributed by atoms with Gasteiger partial charge in [0.05, 0.1) is 25.0 Å². The summed E-state index contributed by atoms with van der Waals surface area (Å²) in [5.41, 5.74) is 7.73. The Bertz CT molecular complexity index is 1120. The number of aromatic nitrogens is 2. The number of nitrogens with two attached hydrogens (primary N) is 1. The predicted molar refractivity (Wildman–Crippen MR) is 116 cm³/mol. The molecule has 162 valence electrons. The van der Waals surface area contributed by atoms with Crippen LogP contribution in [0.4, 0.5) is 10.1 Å². The number of halogens is 2. The monoisotopic (exact) mass is 490 g/mol. The van der Waals surface area contributed by atoms with Crippen LogP contribution in [0.3, 0.4) is 0 Å². The van der Waals surface area contributed by atoms with Crippen LogP contribution in [0, 0.1) is 5.82 Å². The summed E-state index contributed by atoms with van der Waals surface area (Å²) < 4.78 is 25.4. The maximum absolute atomic E-state index is 13.5. The van der Waals surface area contributed by atoms with Crippen molar-refractivity contribution in [3.05, 3.63) is 69.7 Å². The van der Waals surface area contributed by atoms with Gasteiger partial charge in [-0.05, 0) is 58.7 Å². The van der Waals surface area contributed by atoms with E-state index in [4.69, 9.17) is 15.2 Å². The zero-order valence-corrected chi connectivity index (χ0v) is 18.4. The van der Waals surface area contributed by atoms with Crippen molar-refractivity contribution in [2.75, 3.05) is 19.5 Å². The minimum Gasteiger partial charge on any atom is -0.496 e. The van der Waals surface area contributed by atoms with Crippen LogP contribution >= 0.6 is 15.9 Å². The molecule has 0 spiro atoms. The highest BCUT2D eigenvalue weighted by Gasteiger charge is 2.23. The van der Waals surface area contributed by atoms with Crippen molar-refractivity contribution in [1.29, 1.82) is 0 Å². The van der Waals surface area contributed by atoms with E-state index in [-0.39, 0.29) is 35.8 Å². The van der Waals surface area contributed by atoms with E-state index in [0.29, 0.717) is 10.3 Å². The molecule has 1 amide bonds. The summed E-state index contributed by atoms with van der Waals surface area (Å²) in [6.07, 6.45) is 0. The van der Waals surface area contributed by atoms with Gasteiger partial charge in [-0.2, -0.15) is 5.10 Å². The van der Waals surface area contributed by atoms with E-state index in [9.17, 15) is 14.0 Å². The predicted octanol–water partition coefficient (Wildman–Crippen LogP) is 3.47. The van der Waals surface area contributed by atoms with E-state index < -0.39 is 17.7 Å². The number of esters is 1. The Morgan fingerprint density at radius 1 is 1.23 bits per heavy atom. The van der Waals surface area contributed by atoms with E-state index in [1.54, 1.807) is 31.2 Å². The number of nitrogens with one attached hydrogen (secondary N) is 1. The number of rotatable bonds is 7. The molecular formula is C21H20BrFN4O4. The molecule has 0 saturated heterocycles. The molecule has 10 heteroatoms. The minimum absolute atomic E-state index is 0.107. The molecular weight excluding hydrogens is 471 g/mol. The maximum Gasteiger partial charge on any atom is 0.359 e. The number of hydrogen-bond acceptors (Lipinski definition) is 6. The van der Waals surface area contributed by atoms with Crippen LogP contribution in [-0.4, -0.2) is 35.4 Å². The number of ether oxygens (including phenoxy) is 2. The van der Waals surface area contributed by atoms with Crippen LogP contribution in [-0.2, 0) is 11.3 Å². The number of amides is 1. The summed E-state index contributed by atoms with van der Waals surface area (Å²) in [5, 5.41) is 6.97. The molecule has 1 heterocycles. The van der Waals surface area contributed by atoms with E-state index in [1.165, 1.54) is 23.9 Å². The van der Waals surface area contributed by atoms with Gasteiger partial charge < -0.3 is 20.5 Å². The fourth-order valence-corrected chi connectivity index (χ4v) is 3.22. The fourth-order valence-electron chi connectivity index (χ4n) is 2.88. The lowest BCUT2D eigenvalue weighted by molar-refractivity contribution is 0.0517. The van der Waals surface area contributed by atoms with Crippen molar-refractivity contribution >= 4 is 33.5 Å². The number of carbonyl (C=O) groups excluding carboxylic acids is 2. The van der Waals surface area contributed by atoms with Gasteiger partial charge in [0.2, 0.25) is 0 Å². The zero-order chi connectivity index (χ0) is 22.5. The Hall–Kier alpha value is -3.40. The third-order valence-electron chi connectivity index (χ3n) is 4.39. The zero-order valence-electron chi connectivity index (χ0n) is 16.8. The van der Waals surface area contributed by atoms with Crippen molar-refractivity contribution in [3.8, 4) is 11.4 Å².